The maximum atomic E-state index is 13.0. The lowest BCUT2D eigenvalue weighted by atomic mass is 10.2. The number of para-hydroxylation sites is 1. The van der Waals surface area contributed by atoms with E-state index in [0.29, 0.717) is 11.0 Å². The molecule has 26 heavy (non-hydrogen) atoms. The van der Waals surface area contributed by atoms with E-state index >= 15 is 0 Å². The molecule has 0 aliphatic rings. The van der Waals surface area contributed by atoms with Gasteiger partial charge in [-0.2, -0.15) is 0 Å². The van der Waals surface area contributed by atoms with Gasteiger partial charge in [0, 0.05) is 17.3 Å². The molecule has 0 atom stereocenters. The molecule has 0 unspecified atom stereocenters. The van der Waals surface area contributed by atoms with Crippen LogP contribution >= 0.6 is 11.8 Å². The number of hydrogen-bond acceptors (Lipinski definition) is 4. The lowest BCUT2D eigenvalue weighted by Gasteiger charge is -2.26. The molecule has 2 aromatic carbocycles. The molecule has 0 aliphatic heterocycles. The maximum Gasteiger partial charge on any atom is 0.256 e. The Bertz CT molecular complexity index is 863. The molecular formula is C20H19FN2O2S. The van der Waals surface area contributed by atoms with Gasteiger partial charge in [0.2, 0.25) is 5.91 Å². The fourth-order valence-corrected chi connectivity index (χ4v) is 3.25. The molecule has 4 nitrogen and oxygen atoms in total. The van der Waals surface area contributed by atoms with Crippen LogP contribution in [0.5, 0.6) is 0 Å². The fourth-order valence-electron chi connectivity index (χ4n) is 2.58. The molecule has 3 rings (SSSR count). The first kappa shape index (κ1) is 18.2. The van der Waals surface area contributed by atoms with Crippen LogP contribution in [0.3, 0.4) is 0 Å². The molecular weight excluding hydrogens is 351 g/mol. The summed E-state index contributed by atoms with van der Waals surface area (Å²) in [5, 5.41) is 0.412. The van der Waals surface area contributed by atoms with E-state index in [1.807, 2.05) is 44.2 Å². The number of nitrogens with zero attached hydrogens (tertiary/aromatic N) is 2. The van der Waals surface area contributed by atoms with Crippen LogP contribution < -0.4 is 4.90 Å². The zero-order chi connectivity index (χ0) is 18.5. The van der Waals surface area contributed by atoms with Crippen LogP contribution in [-0.4, -0.2) is 22.7 Å². The molecule has 0 saturated carbocycles. The summed E-state index contributed by atoms with van der Waals surface area (Å²) < 4.78 is 18.7. The molecule has 1 heterocycles. The highest BCUT2D eigenvalue weighted by atomic mass is 32.2. The minimum atomic E-state index is -0.303. The van der Waals surface area contributed by atoms with E-state index in [4.69, 9.17) is 4.42 Å². The average molecular weight is 370 g/mol. The van der Waals surface area contributed by atoms with Crippen molar-refractivity contribution in [2.24, 2.45) is 0 Å². The molecule has 1 amide bonds. The van der Waals surface area contributed by atoms with E-state index in [9.17, 15) is 9.18 Å². The van der Waals surface area contributed by atoms with Gasteiger partial charge in [-0.3, -0.25) is 4.79 Å². The molecule has 134 valence electrons. The minimum Gasteiger partial charge on any atom is -0.431 e. The number of anilines is 1. The summed E-state index contributed by atoms with van der Waals surface area (Å²) in [6, 6.07) is 15.6. The quantitative estimate of drug-likeness (QED) is 0.572. The zero-order valence-corrected chi connectivity index (χ0v) is 15.4. The van der Waals surface area contributed by atoms with E-state index in [2.05, 4.69) is 4.98 Å². The lowest BCUT2D eigenvalue weighted by molar-refractivity contribution is -0.116. The van der Waals surface area contributed by atoms with Crippen molar-refractivity contribution in [3.8, 4) is 11.3 Å². The smallest absolute Gasteiger partial charge is 0.256 e. The van der Waals surface area contributed by atoms with Crippen molar-refractivity contribution in [3.63, 3.8) is 0 Å². The summed E-state index contributed by atoms with van der Waals surface area (Å²) in [6.45, 7) is 3.96. The van der Waals surface area contributed by atoms with Crippen molar-refractivity contribution in [2.45, 2.75) is 25.1 Å². The number of rotatable bonds is 6. The standard InChI is InChI=1S/C20H19FN2O2S/c1-14(2)23(17-6-4-3-5-7-17)19(24)13-26-20-22-12-18(25-20)15-8-10-16(21)11-9-15/h3-12,14H,13H2,1-2H3. The number of amides is 1. The van der Waals surface area contributed by atoms with Gasteiger partial charge in [-0.25, -0.2) is 9.37 Å². The Morgan fingerprint density at radius 3 is 2.50 bits per heavy atom. The topological polar surface area (TPSA) is 46.3 Å². The first-order valence-electron chi connectivity index (χ1n) is 8.26. The lowest BCUT2D eigenvalue weighted by Crippen LogP contribution is -2.38. The highest BCUT2D eigenvalue weighted by Crippen LogP contribution is 2.26. The van der Waals surface area contributed by atoms with Crippen LogP contribution in [0.2, 0.25) is 0 Å². The van der Waals surface area contributed by atoms with Gasteiger partial charge in [0.05, 0.1) is 11.9 Å². The third-order valence-corrected chi connectivity index (χ3v) is 4.58. The summed E-state index contributed by atoms with van der Waals surface area (Å²) in [5.74, 6) is 0.445. The first-order valence-corrected chi connectivity index (χ1v) is 9.25. The number of benzene rings is 2. The Labute approximate surface area is 156 Å². The molecule has 0 N–H and O–H groups in total. The van der Waals surface area contributed by atoms with Crippen LogP contribution in [-0.2, 0) is 4.79 Å². The van der Waals surface area contributed by atoms with E-state index in [-0.39, 0.29) is 23.5 Å². The number of thioether (sulfide) groups is 1. The second kappa shape index (κ2) is 8.19. The highest BCUT2D eigenvalue weighted by molar-refractivity contribution is 7.99. The summed E-state index contributed by atoms with van der Waals surface area (Å²) in [4.78, 5) is 18.6. The van der Waals surface area contributed by atoms with Gasteiger partial charge in [0.1, 0.15) is 5.82 Å². The number of carbonyl (C=O) groups is 1. The molecule has 0 bridgehead atoms. The molecule has 1 aromatic heterocycles. The number of oxazole rings is 1. The van der Waals surface area contributed by atoms with Crippen molar-refractivity contribution < 1.29 is 13.6 Å². The van der Waals surface area contributed by atoms with Crippen LogP contribution in [0.25, 0.3) is 11.3 Å². The molecule has 0 aliphatic carbocycles. The van der Waals surface area contributed by atoms with Crippen molar-refractivity contribution in [1.29, 1.82) is 0 Å². The van der Waals surface area contributed by atoms with Crippen molar-refractivity contribution >= 4 is 23.4 Å². The fraction of sp³-hybridized carbons (Fsp3) is 0.200. The summed E-state index contributed by atoms with van der Waals surface area (Å²) in [7, 11) is 0. The van der Waals surface area contributed by atoms with Gasteiger partial charge in [0.15, 0.2) is 5.76 Å². The molecule has 0 saturated heterocycles. The molecule has 6 heteroatoms. The number of halogens is 1. The van der Waals surface area contributed by atoms with Gasteiger partial charge in [-0.1, -0.05) is 30.0 Å². The molecule has 0 radical (unpaired) electrons. The summed E-state index contributed by atoms with van der Waals surface area (Å²) >= 11 is 1.24. The van der Waals surface area contributed by atoms with E-state index in [1.165, 1.54) is 23.9 Å². The Kier molecular flexibility index (Phi) is 5.73. The largest absolute Gasteiger partial charge is 0.431 e. The van der Waals surface area contributed by atoms with Gasteiger partial charge in [-0.05, 0) is 50.2 Å². The third kappa shape index (κ3) is 4.32. The maximum absolute atomic E-state index is 13.0. The third-order valence-electron chi connectivity index (χ3n) is 3.75. The van der Waals surface area contributed by atoms with Crippen LogP contribution in [0.1, 0.15) is 13.8 Å². The molecule has 3 aromatic rings. The second-order valence-corrected chi connectivity index (χ2v) is 6.91. The van der Waals surface area contributed by atoms with E-state index in [1.54, 1.807) is 23.2 Å². The minimum absolute atomic E-state index is 0.0160. The van der Waals surface area contributed by atoms with Crippen molar-refractivity contribution in [1.82, 2.24) is 4.98 Å². The van der Waals surface area contributed by atoms with Crippen LogP contribution in [0.4, 0.5) is 10.1 Å². The van der Waals surface area contributed by atoms with E-state index in [0.717, 1.165) is 11.3 Å². The van der Waals surface area contributed by atoms with Crippen LogP contribution in [0, 0.1) is 5.82 Å². The Morgan fingerprint density at radius 1 is 1.15 bits per heavy atom. The SMILES string of the molecule is CC(C)N(C(=O)CSc1ncc(-c2ccc(F)cc2)o1)c1ccccc1. The van der Waals surface area contributed by atoms with Gasteiger partial charge < -0.3 is 9.32 Å². The summed E-state index contributed by atoms with van der Waals surface area (Å²) in [6.07, 6.45) is 1.58. The van der Waals surface area contributed by atoms with Crippen LogP contribution in [0.15, 0.2) is 70.4 Å². The van der Waals surface area contributed by atoms with Gasteiger partial charge in [0.25, 0.3) is 5.22 Å². The predicted octanol–water partition coefficient (Wildman–Crippen LogP) is 5.01. The molecule has 0 spiro atoms. The Hall–Kier alpha value is -2.60. The Morgan fingerprint density at radius 2 is 1.85 bits per heavy atom. The van der Waals surface area contributed by atoms with E-state index < -0.39 is 0 Å². The van der Waals surface area contributed by atoms with Crippen molar-refractivity contribution in [3.05, 3.63) is 66.6 Å². The number of hydrogen-bond donors (Lipinski definition) is 0. The van der Waals surface area contributed by atoms with Gasteiger partial charge >= 0.3 is 0 Å². The number of carbonyl (C=O) groups excluding carboxylic acids is 1. The van der Waals surface area contributed by atoms with Crippen molar-refractivity contribution in [2.75, 3.05) is 10.7 Å². The second-order valence-electron chi connectivity index (χ2n) is 5.98. The summed E-state index contributed by atoms with van der Waals surface area (Å²) in [5.41, 5.74) is 1.61. The zero-order valence-electron chi connectivity index (χ0n) is 14.6. The number of aromatic nitrogens is 1. The monoisotopic (exact) mass is 370 g/mol. The first-order chi connectivity index (χ1) is 12.5. The normalized spacial score (nSPS) is 10.9. The average Bonchev–Trinajstić information content (AvgIpc) is 3.10. The van der Waals surface area contributed by atoms with Gasteiger partial charge in [-0.15, -0.1) is 0 Å². The Balaban J connectivity index is 1.66. The highest BCUT2D eigenvalue weighted by Gasteiger charge is 2.20. The predicted molar refractivity (Wildman–Crippen MR) is 102 cm³/mol. The molecule has 0 fully saturated rings.